The highest BCUT2D eigenvalue weighted by atomic mass is 16.6. The number of ether oxygens (including phenoxy) is 2. The zero-order chi connectivity index (χ0) is 22.8. The number of hydrogen-bond acceptors (Lipinski definition) is 6. The van der Waals surface area contributed by atoms with E-state index in [1.807, 2.05) is 20.8 Å². The van der Waals surface area contributed by atoms with E-state index in [1.54, 1.807) is 46.8 Å². The number of carbonyl (C=O) groups excluding carboxylic acids is 2. The van der Waals surface area contributed by atoms with Crippen molar-refractivity contribution in [1.82, 2.24) is 5.32 Å². The highest BCUT2D eigenvalue weighted by Gasteiger charge is 2.30. The molecule has 1 aromatic heterocycles. The first-order valence-electron chi connectivity index (χ1n) is 10.1. The lowest BCUT2D eigenvalue weighted by molar-refractivity contribution is -0.138. The molecular weight excluding hydrogens is 386 g/mol. The summed E-state index contributed by atoms with van der Waals surface area (Å²) in [4.78, 5) is 37.2. The van der Waals surface area contributed by atoms with E-state index in [-0.39, 0.29) is 11.7 Å². The quantitative estimate of drug-likeness (QED) is 0.435. The van der Waals surface area contributed by atoms with Gasteiger partial charge in [0.25, 0.3) is 0 Å². The molecule has 0 spiro atoms. The van der Waals surface area contributed by atoms with Gasteiger partial charge in [0, 0.05) is 16.5 Å². The number of benzene rings is 1. The second-order valence-electron chi connectivity index (χ2n) is 8.64. The zero-order valence-electron chi connectivity index (χ0n) is 19.0. The highest BCUT2D eigenvalue weighted by Crippen LogP contribution is 2.29. The first-order valence-corrected chi connectivity index (χ1v) is 10.1. The zero-order valence-corrected chi connectivity index (χ0v) is 19.0. The average Bonchev–Trinajstić information content (AvgIpc) is 2.65. The van der Waals surface area contributed by atoms with Gasteiger partial charge < -0.3 is 19.2 Å². The van der Waals surface area contributed by atoms with Gasteiger partial charge in [-0.15, -0.1) is 0 Å². The predicted molar refractivity (Wildman–Crippen MR) is 115 cm³/mol. The van der Waals surface area contributed by atoms with Gasteiger partial charge in [0.1, 0.15) is 23.0 Å². The summed E-state index contributed by atoms with van der Waals surface area (Å²) < 4.78 is 16.3. The summed E-state index contributed by atoms with van der Waals surface area (Å²) in [6, 6.07) is 2.55. The van der Waals surface area contributed by atoms with Crippen LogP contribution in [0.4, 0.5) is 4.79 Å². The number of nitrogens with one attached hydrogen (secondary N) is 1. The number of esters is 1. The summed E-state index contributed by atoms with van der Waals surface area (Å²) in [6.45, 7) is 14.3. The molecule has 1 amide bonds. The molecular formula is C23H31NO6. The molecule has 30 heavy (non-hydrogen) atoms. The lowest BCUT2D eigenvalue weighted by Gasteiger charge is -2.25. The van der Waals surface area contributed by atoms with Crippen LogP contribution in [0, 0.1) is 26.7 Å². The van der Waals surface area contributed by atoms with Gasteiger partial charge in [-0.05, 0) is 65.2 Å². The van der Waals surface area contributed by atoms with Crippen LogP contribution in [0.15, 0.2) is 21.3 Å². The smallest absolute Gasteiger partial charge is 0.408 e. The Bertz CT molecular complexity index is 1010. The van der Waals surface area contributed by atoms with Crippen molar-refractivity contribution in [2.45, 2.75) is 73.5 Å². The van der Waals surface area contributed by atoms with Gasteiger partial charge in [-0.1, -0.05) is 20.3 Å². The van der Waals surface area contributed by atoms with Gasteiger partial charge in [-0.2, -0.15) is 0 Å². The van der Waals surface area contributed by atoms with E-state index in [0.717, 1.165) is 10.9 Å². The molecule has 0 bridgehead atoms. The molecule has 7 nitrogen and oxygen atoms in total. The topological polar surface area (TPSA) is 94.8 Å². The van der Waals surface area contributed by atoms with E-state index in [9.17, 15) is 14.4 Å². The SMILES string of the molecule is CC[C@@H](C)[C@@H](NC(=O)OC(C)(C)C)C(=O)Oc1ccc2c(C)c(C)c(=O)oc2c1C. The average molecular weight is 418 g/mol. The Labute approximate surface area is 176 Å². The normalized spacial score (nSPS) is 13.6. The third kappa shape index (κ3) is 5.20. The van der Waals surface area contributed by atoms with Crippen LogP contribution in [0.25, 0.3) is 11.0 Å². The van der Waals surface area contributed by atoms with Gasteiger partial charge in [-0.3, -0.25) is 0 Å². The Kier molecular flexibility index (Phi) is 6.95. The van der Waals surface area contributed by atoms with E-state index in [4.69, 9.17) is 13.9 Å². The molecule has 0 fully saturated rings. The van der Waals surface area contributed by atoms with E-state index in [2.05, 4.69) is 5.32 Å². The van der Waals surface area contributed by atoms with Crippen molar-refractivity contribution in [3.05, 3.63) is 39.2 Å². The molecule has 1 aromatic carbocycles. The number of rotatable bonds is 5. The molecule has 2 atom stereocenters. The minimum atomic E-state index is -0.883. The fourth-order valence-electron chi connectivity index (χ4n) is 3.01. The highest BCUT2D eigenvalue weighted by molar-refractivity contribution is 5.88. The molecule has 0 unspecified atom stereocenters. The second-order valence-corrected chi connectivity index (χ2v) is 8.64. The molecule has 7 heteroatoms. The van der Waals surface area contributed by atoms with Crippen molar-refractivity contribution >= 4 is 23.0 Å². The van der Waals surface area contributed by atoms with E-state index >= 15 is 0 Å². The van der Waals surface area contributed by atoms with Crippen LogP contribution in [0.1, 0.15) is 57.7 Å². The summed E-state index contributed by atoms with van der Waals surface area (Å²) in [5.41, 5.74) is 1.19. The van der Waals surface area contributed by atoms with Gasteiger partial charge in [0.15, 0.2) is 0 Å². The number of amides is 1. The molecule has 2 aromatic rings. The second kappa shape index (κ2) is 8.90. The summed E-state index contributed by atoms with van der Waals surface area (Å²) in [6.07, 6.45) is -0.0309. The van der Waals surface area contributed by atoms with Gasteiger partial charge >= 0.3 is 17.7 Å². The fourth-order valence-corrected chi connectivity index (χ4v) is 3.01. The molecule has 0 saturated carbocycles. The molecule has 0 saturated heterocycles. The van der Waals surface area contributed by atoms with Crippen LogP contribution in [0.3, 0.4) is 0 Å². The molecule has 0 aliphatic heterocycles. The molecule has 1 heterocycles. The lowest BCUT2D eigenvalue weighted by atomic mass is 9.99. The summed E-state index contributed by atoms with van der Waals surface area (Å²) in [5.74, 6) is -0.504. The molecule has 0 aliphatic carbocycles. The fraction of sp³-hybridized carbons (Fsp3) is 0.522. The largest absolute Gasteiger partial charge is 0.444 e. The summed E-state index contributed by atoms with van der Waals surface area (Å²) in [5, 5.41) is 3.40. The van der Waals surface area contributed by atoms with Crippen LogP contribution >= 0.6 is 0 Å². The third-order valence-corrected chi connectivity index (χ3v) is 5.17. The summed E-state index contributed by atoms with van der Waals surface area (Å²) >= 11 is 0. The maximum Gasteiger partial charge on any atom is 0.408 e. The van der Waals surface area contributed by atoms with Crippen molar-refractivity contribution in [2.24, 2.45) is 5.92 Å². The third-order valence-electron chi connectivity index (χ3n) is 5.17. The van der Waals surface area contributed by atoms with Crippen LogP contribution in [0.5, 0.6) is 5.75 Å². The monoisotopic (exact) mass is 417 g/mol. The Morgan fingerprint density at radius 2 is 1.73 bits per heavy atom. The number of fused-ring (bicyclic) bond motifs is 1. The number of carbonyl (C=O) groups is 2. The number of alkyl carbamates (subject to hydrolysis) is 1. The molecule has 164 valence electrons. The van der Waals surface area contributed by atoms with E-state index < -0.39 is 29.3 Å². The van der Waals surface area contributed by atoms with Crippen molar-refractivity contribution in [2.75, 3.05) is 0 Å². The van der Waals surface area contributed by atoms with Gasteiger partial charge in [0.05, 0.1) is 0 Å². The maximum atomic E-state index is 12.9. The first kappa shape index (κ1) is 23.4. The standard InChI is InChI=1S/C23H31NO6/c1-9-12(2)18(24-22(27)30-23(6,7)8)21(26)28-17-11-10-16-13(3)14(4)20(25)29-19(16)15(17)5/h10-12,18H,9H2,1-8H3,(H,24,27)/t12-,18-/m1/s1. The van der Waals surface area contributed by atoms with E-state index in [0.29, 0.717) is 23.1 Å². The van der Waals surface area contributed by atoms with Gasteiger partial charge in [-0.25, -0.2) is 14.4 Å². The van der Waals surface area contributed by atoms with Crippen molar-refractivity contribution in [3.63, 3.8) is 0 Å². The van der Waals surface area contributed by atoms with E-state index in [1.165, 1.54) is 0 Å². The van der Waals surface area contributed by atoms with Crippen LogP contribution < -0.4 is 15.7 Å². The van der Waals surface area contributed by atoms with Crippen molar-refractivity contribution in [3.8, 4) is 5.75 Å². The maximum absolute atomic E-state index is 12.9. The van der Waals surface area contributed by atoms with Crippen LogP contribution in [-0.2, 0) is 9.53 Å². The first-order chi connectivity index (χ1) is 13.9. The van der Waals surface area contributed by atoms with Crippen LogP contribution in [-0.4, -0.2) is 23.7 Å². The molecule has 0 radical (unpaired) electrons. The molecule has 1 N–H and O–H groups in total. The molecule has 0 aliphatic rings. The minimum absolute atomic E-state index is 0.173. The van der Waals surface area contributed by atoms with Crippen molar-refractivity contribution < 1.29 is 23.5 Å². The molecule has 2 rings (SSSR count). The Morgan fingerprint density at radius 3 is 2.30 bits per heavy atom. The number of aryl methyl sites for hydroxylation is 2. The minimum Gasteiger partial charge on any atom is -0.444 e. The number of hydrogen-bond donors (Lipinski definition) is 1. The predicted octanol–water partition coefficient (Wildman–Crippen LogP) is 4.56. The van der Waals surface area contributed by atoms with Crippen molar-refractivity contribution in [1.29, 1.82) is 0 Å². The Balaban J connectivity index is 2.34. The Hall–Kier alpha value is -2.83. The van der Waals surface area contributed by atoms with Crippen LogP contribution in [0.2, 0.25) is 0 Å². The lowest BCUT2D eigenvalue weighted by Crippen LogP contribution is -2.48. The van der Waals surface area contributed by atoms with Gasteiger partial charge in [0.2, 0.25) is 0 Å². The summed E-state index contributed by atoms with van der Waals surface area (Å²) in [7, 11) is 0. The Morgan fingerprint density at radius 1 is 1.10 bits per heavy atom.